The number of hydrogen-bond acceptors (Lipinski definition) is 5. The number of amides is 3. The Hall–Kier alpha value is -2.71. The minimum Gasteiger partial charge on any atom is -0.359 e. The molecule has 1 aliphatic carbocycles. The van der Waals surface area contributed by atoms with Crippen LogP contribution in [-0.2, 0) is 19.1 Å². The lowest BCUT2D eigenvalue weighted by molar-refractivity contribution is -0.142. The number of carbonyl (C=O) groups is 3. The molecule has 5 aliphatic rings. The molecule has 1 aromatic carbocycles. The van der Waals surface area contributed by atoms with Crippen LogP contribution < -0.4 is 10.6 Å². The average molecular weight is 577 g/mol. The molecule has 42 heavy (non-hydrogen) atoms. The first-order valence-corrected chi connectivity index (χ1v) is 16.2. The van der Waals surface area contributed by atoms with Gasteiger partial charge in [-0.3, -0.25) is 19.3 Å². The van der Waals surface area contributed by atoms with Crippen molar-refractivity contribution in [3.05, 3.63) is 41.5 Å². The second-order valence-electron chi connectivity index (χ2n) is 13.9. The molecule has 3 saturated heterocycles. The quantitative estimate of drug-likeness (QED) is 0.475. The average Bonchev–Trinajstić information content (AvgIpc) is 3.57. The Bertz CT molecular complexity index is 1240. The number of rotatable bonds is 7. The van der Waals surface area contributed by atoms with Crippen LogP contribution in [0.1, 0.15) is 70.4 Å². The minimum absolute atomic E-state index is 0.0713. The summed E-state index contributed by atoms with van der Waals surface area (Å²) in [5.41, 5.74) is 1.70. The van der Waals surface area contributed by atoms with Crippen molar-refractivity contribution in [2.45, 2.75) is 103 Å². The minimum atomic E-state index is -1.13. The van der Waals surface area contributed by atoms with Crippen LogP contribution in [0.2, 0.25) is 0 Å². The van der Waals surface area contributed by atoms with Gasteiger partial charge in [-0.25, -0.2) is 0 Å². The smallest absolute Gasteiger partial charge is 0.246 e. The van der Waals surface area contributed by atoms with Gasteiger partial charge in [0, 0.05) is 30.9 Å². The molecule has 9 atom stereocenters. The number of likely N-dealkylation sites (tertiary alicyclic amines) is 2. The number of ether oxygens (including phenoxy) is 1. The molecule has 8 heteroatoms. The van der Waals surface area contributed by atoms with Crippen molar-refractivity contribution in [2.75, 3.05) is 25.0 Å². The van der Waals surface area contributed by atoms with Gasteiger partial charge in [0.25, 0.3) is 0 Å². The third-order valence-electron chi connectivity index (χ3n) is 11.0. The van der Waals surface area contributed by atoms with Gasteiger partial charge >= 0.3 is 0 Å². The lowest BCUT2D eigenvalue weighted by Gasteiger charge is -2.39. The second-order valence-corrected chi connectivity index (χ2v) is 13.9. The Morgan fingerprint density at radius 3 is 2.48 bits per heavy atom. The van der Waals surface area contributed by atoms with Crippen molar-refractivity contribution in [1.29, 1.82) is 0 Å². The molecule has 0 unspecified atom stereocenters. The highest BCUT2D eigenvalue weighted by molar-refractivity contribution is 6.02. The molecule has 228 valence electrons. The van der Waals surface area contributed by atoms with E-state index in [0.29, 0.717) is 31.0 Å². The molecule has 1 aromatic rings. The summed E-state index contributed by atoms with van der Waals surface area (Å²) in [6, 6.07) is 5.68. The molecule has 6 rings (SSSR count). The van der Waals surface area contributed by atoms with Crippen LogP contribution in [0, 0.1) is 37.5 Å². The third kappa shape index (κ3) is 5.08. The molecule has 8 nitrogen and oxygen atoms in total. The monoisotopic (exact) mass is 576 g/mol. The Labute approximate surface area is 250 Å². The van der Waals surface area contributed by atoms with Crippen LogP contribution in [0.3, 0.4) is 0 Å². The molecule has 1 saturated carbocycles. The maximum Gasteiger partial charge on any atom is 0.246 e. The van der Waals surface area contributed by atoms with E-state index in [-0.39, 0.29) is 23.8 Å². The van der Waals surface area contributed by atoms with Gasteiger partial charge in [0.2, 0.25) is 17.7 Å². The fraction of sp³-hybridized carbons (Fsp3) is 0.676. The van der Waals surface area contributed by atoms with Gasteiger partial charge < -0.3 is 20.3 Å². The van der Waals surface area contributed by atoms with Crippen molar-refractivity contribution in [1.82, 2.24) is 15.1 Å². The van der Waals surface area contributed by atoms with E-state index in [0.717, 1.165) is 49.0 Å². The molecule has 2 bridgehead atoms. The summed E-state index contributed by atoms with van der Waals surface area (Å²) in [5.74, 6) is -1.03. The van der Waals surface area contributed by atoms with E-state index in [1.807, 2.05) is 38.1 Å². The molecule has 4 fully saturated rings. The van der Waals surface area contributed by atoms with Crippen molar-refractivity contribution in [2.24, 2.45) is 23.7 Å². The fourth-order valence-electron chi connectivity index (χ4n) is 8.55. The van der Waals surface area contributed by atoms with Gasteiger partial charge in [0.15, 0.2) is 0 Å². The van der Waals surface area contributed by atoms with Crippen molar-refractivity contribution < 1.29 is 19.1 Å². The zero-order valence-electron chi connectivity index (χ0n) is 25.9. The highest BCUT2D eigenvalue weighted by Crippen LogP contribution is 2.55. The zero-order chi connectivity index (χ0) is 29.8. The van der Waals surface area contributed by atoms with E-state index in [4.69, 9.17) is 4.74 Å². The molecule has 3 amide bonds. The van der Waals surface area contributed by atoms with Crippen molar-refractivity contribution >= 4 is 23.4 Å². The molecular formula is C34H48N4O4. The SMILES string of the molecule is Cc1cc(C)cc(NC(=O)[C@@H]2[C@@H]3C=C[C@]4(O3)[C@@H]2C(=O)N(CCN2CCCC[C@H]2C)[C@H]4C(=O)N[C@@H]2CCC[C@H](C)[C@H]2C)c1. The molecular weight excluding hydrogens is 528 g/mol. The number of fused-ring (bicyclic) bond motifs is 1. The van der Waals surface area contributed by atoms with Crippen LogP contribution in [0.15, 0.2) is 30.4 Å². The molecule has 0 aromatic heterocycles. The molecule has 4 heterocycles. The predicted octanol–water partition coefficient (Wildman–Crippen LogP) is 4.21. The predicted molar refractivity (Wildman–Crippen MR) is 163 cm³/mol. The van der Waals surface area contributed by atoms with Crippen molar-refractivity contribution in [3.63, 3.8) is 0 Å². The van der Waals surface area contributed by atoms with Gasteiger partial charge in [-0.1, -0.05) is 51.3 Å². The Balaban J connectivity index is 1.28. The summed E-state index contributed by atoms with van der Waals surface area (Å²) >= 11 is 0. The van der Waals surface area contributed by atoms with Crippen LogP contribution in [0.5, 0.6) is 0 Å². The summed E-state index contributed by atoms with van der Waals surface area (Å²) in [7, 11) is 0. The van der Waals surface area contributed by atoms with Gasteiger partial charge in [0.1, 0.15) is 11.6 Å². The molecule has 4 aliphatic heterocycles. The summed E-state index contributed by atoms with van der Waals surface area (Å²) in [4.78, 5) is 46.6. The van der Waals surface area contributed by atoms with E-state index in [2.05, 4.69) is 42.4 Å². The number of hydrogen-bond donors (Lipinski definition) is 2. The van der Waals surface area contributed by atoms with Crippen LogP contribution in [0.25, 0.3) is 0 Å². The number of carbonyl (C=O) groups excluding carboxylic acids is 3. The Kier molecular flexibility index (Phi) is 7.98. The highest BCUT2D eigenvalue weighted by Gasteiger charge is 2.72. The number of piperidine rings is 1. The van der Waals surface area contributed by atoms with E-state index in [1.54, 1.807) is 4.90 Å². The number of aryl methyl sites for hydroxylation is 2. The van der Waals surface area contributed by atoms with E-state index >= 15 is 0 Å². The normalized spacial score (nSPS) is 37.6. The number of anilines is 1. The Morgan fingerprint density at radius 2 is 1.74 bits per heavy atom. The zero-order valence-corrected chi connectivity index (χ0v) is 25.9. The topological polar surface area (TPSA) is 91.0 Å². The first kappa shape index (κ1) is 29.4. The fourth-order valence-corrected chi connectivity index (χ4v) is 8.55. The summed E-state index contributed by atoms with van der Waals surface area (Å²) in [6.45, 7) is 12.9. The standard InChI is InChI=1S/C34H48N4O4/c1-20-17-21(2)19-25(18-20)35-31(39)28-27-12-13-34(42-27)29(28)33(41)38(16-15-37-14-7-6-10-23(37)4)30(34)32(40)36-26-11-8-9-22(3)24(26)5/h12-13,17-19,22-24,26-30H,6-11,14-16H2,1-5H3,(H,35,39)(H,36,40)/t22-,23+,24+,26+,27-,28+,29-,30-,34-/m0/s1. The highest BCUT2D eigenvalue weighted by atomic mass is 16.5. The van der Waals surface area contributed by atoms with Crippen LogP contribution >= 0.6 is 0 Å². The van der Waals surface area contributed by atoms with Crippen LogP contribution in [-0.4, -0.2) is 77.0 Å². The van der Waals surface area contributed by atoms with Crippen molar-refractivity contribution in [3.8, 4) is 0 Å². The van der Waals surface area contributed by atoms with Gasteiger partial charge in [0.05, 0.1) is 17.9 Å². The lowest BCUT2D eigenvalue weighted by atomic mass is 9.73. The number of nitrogens with zero attached hydrogens (tertiary/aromatic N) is 2. The molecule has 1 spiro atoms. The molecule has 0 radical (unpaired) electrons. The summed E-state index contributed by atoms with van der Waals surface area (Å²) in [6.07, 6.45) is 10.0. The number of nitrogens with one attached hydrogen (secondary N) is 2. The largest absolute Gasteiger partial charge is 0.359 e. The van der Waals surface area contributed by atoms with Gasteiger partial charge in [-0.05, 0) is 81.7 Å². The summed E-state index contributed by atoms with van der Waals surface area (Å²) in [5, 5.41) is 6.44. The second kappa shape index (κ2) is 11.4. The summed E-state index contributed by atoms with van der Waals surface area (Å²) < 4.78 is 6.58. The molecule has 2 N–H and O–H groups in total. The van der Waals surface area contributed by atoms with Gasteiger partial charge in [-0.15, -0.1) is 0 Å². The maximum absolute atomic E-state index is 14.4. The van der Waals surface area contributed by atoms with Crippen LogP contribution in [0.4, 0.5) is 5.69 Å². The van der Waals surface area contributed by atoms with E-state index < -0.39 is 29.6 Å². The lowest BCUT2D eigenvalue weighted by Crippen LogP contribution is -2.58. The third-order valence-corrected chi connectivity index (χ3v) is 11.0. The first-order chi connectivity index (χ1) is 20.1. The first-order valence-electron chi connectivity index (χ1n) is 16.2. The van der Waals surface area contributed by atoms with E-state index in [1.165, 1.54) is 12.8 Å². The maximum atomic E-state index is 14.4. The Morgan fingerprint density at radius 1 is 0.976 bits per heavy atom. The van der Waals surface area contributed by atoms with Gasteiger partial charge in [-0.2, -0.15) is 0 Å². The van der Waals surface area contributed by atoms with E-state index in [9.17, 15) is 14.4 Å². The number of benzene rings is 1.